The van der Waals surface area contributed by atoms with Gasteiger partial charge in [0.25, 0.3) is 11.6 Å². The van der Waals surface area contributed by atoms with E-state index in [-0.39, 0.29) is 40.1 Å². The van der Waals surface area contributed by atoms with E-state index in [1.54, 1.807) is 31.2 Å². The number of carbonyl (C=O) groups excluding carboxylic acids is 1. The first-order chi connectivity index (χ1) is 15.3. The molecule has 3 heterocycles. The SMILES string of the molecule is CCOc1ccc(-c2ccc(/C=C3/C(=N)N4N=C(C(C)C)SC4=NC3=O)o2)c([N+](=O)[O-])c1. The van der Waals surface area contributed by atoms with Gasteiger partial charge >= 0.3 is 0 Å². The van der Waals surface area contributed by atoms with Crippen molar-refractivity contribution in [3.05, 3.63) is 51.8 Å². The standard InChI is InChI=1S/C21H19N5O5S/c1-4-30-12-5-7-14(16(10-12)26(28)29)17-8-6-13(31-17)9-15-18(22)25-21(23-19(15)27)32-20(24-25)11(2)3/h5-11,22H,4H2,1-3H3/b15-9-,22-18?. The van der Waals surface area contributed by atoms with Crippen molar-refractivity contribution in [3.8, 4) is 17.1 Å². The summed E-state index contributed by atoms with van der Waals surface area (Å²) in [6.45, 7) is 6.12. The number of nitrogens with one attached hydrogen (secondary N) is 1. The van der Waals surface area contributed by atoms with Crippen molar-refractivity contribution in [2.45, 2.75) is 20.8 Å². The maximum atomic E-state index is 12.5. The molecule has 1 N–H and O–H groups in total. The highest BCUT2D eigenvalue weighted by Gasteiger charge is 2.36. The number of rotatable bonds is 6. The minimum absolute atomic E-state index is 0.0187. The third kappa shape index (κ3) is 3.94. The molecule has 1 aromatic heterocycles. The summed E-state index contributed by atoms with van der Waals surface area (Å²) in [5.41, 5.74) is 0.130. The van der Waals surface area contributed by atoms with Crippen LogP contribution in [0.3, 0.4) is 0 Å². The van der Waals surface area contributed by atoms with E-state index in [9.17, 15) is 14.9 Å². The highest BCUT2D eigenvalue weighted by atomic mass is 32.2. The van der Waals surface area contributed by atoms with Gasteiger partial charge in [-0.05, 0) is 49.0 Å². The molecule has 2 aliphatic heterocycles. The van der Waals surface area contributed by atoms with Crippen molar-refractivity contribution >= 4 is 45.5 Å². The van der Waals surface area contributed by atoms with Gasteiger partial charge in [-0.2, -0.15) is 15.1 Å². The quantitative estimate of drug-likeness (QED) is 0.386. The van der Waals surface area contributed by atoms with Gasteiger partial charge in [0.05, 0.1) is 28.7 Å². The summed E-state index contributed by atoms with van der Waals surface area (Å²) in [6.07, 6.45) is 1.39. The predicted molar refractivity (Wildman–Crippen MR) is 122 cm³/mol. The number of benzene rings is 1. The number of nitrogens with zero attached hydrogens (tertiary/aromatic N) is 4. The molecule has 2 aromatic rings. The third-order valence-electron chi connectivity index (χ3n) is 4.62. The van der Waals surface area contributed by atoms with Crippen LogP contribution in [0.15, 0.2) is 50.4 Å². The first-order valence-electron chi connectivity index (χ1n) is 9.80. The van der Waals surface area contributed by atoms with E-state index >= 15 is 0 Å². The average molecular weight is 453 g/mol. The zero-order valence-corrected chi connectivity index (χ0v) is 18.3. The zero-order chi connectivity index (χ0) is 23.0. The molecule has 4 rings (SSSR count). The molecule has 0 atom stereocenters. The lowest BCUT2D eigenvalue weighted by Crippen LogP contribution is -2.35. The number of amides is 1. The molecule has 0 unspecified atom stereocenters. The number of ether oxygens (including phenoxy) is 1. The van der Waals surface area contributed by atoms with Gasteiger partial charge in [-0.3, -0.25) is 20.3 Å². The van der Waals surface area contributed by atoms with Crippen LogP contribution in [0.2, 0.25) is 0 Å². The van der Waals surface area contributed by atoms with Crippen LogP contribution in [0.5, 0.6) is 5.75 Å². The minimum Gasteiger partial charge on any atom is -0.494 e. The second-order valence-electron chi connectivity index (χ2n) is 7.18. The summed E-state index contributed by atoms with van der Waals surface area (Å²) in [4.78, 5) is 27.6. The molecular formula is C21H19N5O5S. The van der Waals surface area contributed by atoms with E-state index < -0.39 is 10.8 Å². The van der Waals surface area contributed by atoms with Crippen LogP contribution in [0.25, 0.3) is 17.4 Å². The van der Waals surface area contributed by atoms with Crippen LogP contribution in [-0.2, 0) is 4.79 Å². The van der Waals surface area contributed by atoms with Gasteiger partial charge in [0.2, 0.25) is 5.17 Å². The molecule has 0 saturated heterocycles. The minimum atomic E-state index is -0.570. The Labute approximate surface area is 187 Å². The molecule has 0 saturated carbocycles. The van der Waals surface area contributed by atoms with Crippen LogP contribution in [0.1, 0.15) is 26.5 Å². The largest absolute Gasteiger partial charge is 0.494 e. The number of hydrazone groups is 1. The fraction of sp³-hybridized carbons (Fsp3) is 0.238. The topological polar surface area (TPSA) is 134 Å². The summed E-state index contributed by atoms with van der Waals surface area (Å²) in [7, 11) is 0. The van der Waals surface area contributed by atoms with E-state index in [0.717, 1.165) is 5.04 Å². The van der Waals surface area contributed by atoms with Crippen molar-refractivity contribution in [1.82, 2.24) is 5.01 Å². The molecule has 2 aliphatic rings. The van der Waals surface area contributed by atoms with Gasteiger partial charge in [-0.1, -0.05) is 13.8 Å². The molecule has 164 valence electrons. The van der Waals surface area contributed by atoms with E-state index in [2.05, 4.69) is 10.1 Å². The maximum Gasteiger partial charge on any atom is 0.284 e. The molecule has 0 aliphatic carbocycles. The lowest BCUT2D eigenvalue weighted by atomic mass is 10.1. The Bertz CT molecular complexity index is 1230. The van der Waals surface area contributed by atoms with Crippen LogP contribution >= 0.6 is 11.8 Å². The number of nitro groups is 1. The van der Waals surface area contributed by atoms with Crippen LogP contribution in [0, 0.1) is 21.4 Å². The van der Waals surface area contributed by atoms with Gasteiger partial charge in [0.1, 0.15) is 22.3 Å². The first kappa shape index (κ1) is 21.5. The second-order valence-corrected chi connectivity index (χ2v) is 8.17. The molecule has 1 amide bonds. The van der Waals surface area contributed by atoms with Gasteiger partial charge < -0.3 is 9.15 Å². The Morgan fingerprint density at radius 2 is 2.12 bits per heavy atom. The number of hydrogen-bond acceptors (Lipinski definition) is 8. The molecule has 0 fully saturated rings. The van der Waals surface area contributed by atoms with Gasteiger partial charge in [-0.15, -0.1) is 0 Å². The fourth-order valence-corrected chi connectivity index (χ4v) is 3.98. The van der Waals surface area contributed by atoms with Crippen molar-refractivity contribution in [2.75, 3.05) is 6.61 Å². The summed E-state index contributed by atoms with van der Waals surface area (Å²) in [6, 6.07) is 7.65. The summed E-state index contributed by atoms with van der Waals surface area (Å²) in [5, 5.41) is 26.8. The highest BCUT2D eigenvalue weighted by Crippen LogP contribution is 2.35. The molecule has 11 heteroatoms. The second kappa shape index (κ2) is 8.42. The van der Waals surface area contributed by atoms with Gasteiger partial charge in [0.15, 0.2) is 5.84 Å². The van der Waals surface area contributed by atoms with E-state index in [1.165, 1.54) is 28.9 Å². The molecule has 0 bridgehead atoms. The Balaban J connectivity index is 1.66. The maximum absolute atomic E-state index is 12.5. The number of hydrogen-bond donors (Lipinski definition) is 1. The van der Waals surface area contributed by atoms with Crippen molar-refractivity contribution in [1.29, 1.82) is 5.41 Å². The Morgan fingerprint density at radius 1 is 1.34 bits per heavy atom. The van der Waals surface area contributed by atoms with E-state index in [4.69, 9.17) is 14.6 Å². The number of aliphatic imine (C=N–C) groups is 1. The predicted octanol–water partition coefficient (Wildman–Crippen LogP) is 4.53. The van der Waals surface area contributed by atoms with Crippen LogP contribution in [0.4, 0.5) is 5.69 Å². The number of amidine groups is 2. The van der Waals surface area contributed by atoms with E-state index in [0.29, 0.717) is 17.5 Å². The number of carbonyl (C=O) groups is 1. The van der Waals surface area contributed by atoms with Crippen LogP contribution < -0.4 is 4.74 Å². The molecule has 1 aromatic carbocycles. The van der Waals surface area contributed by atoms with Crippen molar-refractivity contribution < 1.29 is 18.9 Å². The number of fused-ring (bicyclic) bond motifs is 1. The fourth-order valence-electron chi connectivity index (χ4n) is 3.08. The van der Waals surface area contributed by atoms with Gasteiger partial charge in [-0.25, -0.2) is 0 Å². The summed E-state index contributed by atoms with van der Waals surface area (Å²) < 4.78 is 11.1. The zero-order valence-electron chi connectivity index (χ0n) is 17.5. The van der Waals surface area contributed by atoms with Gasteiger partial charge in [0, 0.05) is 5.92 Å². The van der Waals surface area contributed by atoms with Crippen molar-refractivity contribution in [3.63, 3.8) is 0 Å². The first-order valence-corrected chi connectivity index (χ1v) is 10.6. The summed E-state index contributed by atoms with van der Waals surface area (Å²) in [5.74, 6) is 0.363. The monoisotopic (exact) mass is 453 g/mol. The average Bonchev–Trinajstić information content (AvgIpc) is 3.38. The number of furan rings is 1. The summed E-state index contributed by atoms with van der Waals surface area (Å²) >= 11 is 1.27. The van der Waals surface area contributed by atoms with Crippen LogP contribution in [-0.4, -0.2) is 38.5 Å². The lowest BCUT2D eigenvalue weighted by Gasteiger charge is -2.19. The molecular weight excluding hydrogens is 434 g/mol. The Kier molecular flexibility index (Phi) is 5.66. The molecule has 32 heavy (non-hydrogen) atoms. The normalized spacial score (nSPS) is 17.0. The van der Waals surface area contributed by atoms with Crippen molar-refractivity contribution in [2.24, 2.45) is 16.0 Å². The number of thioether (sulfide) groups is 1. The highest BCUT2D eigenvalue weighted by molar-refractivity contribution is 8.27. The Morgan fingerprint density at radius 3 is 2.81 bits per heavy atom. The number of nitro benzene ring substituents is 1. The smallest absolute Gasteiger partial charge is 0.284 e. The van der Waals surface area contributed by atoms with E-state index in [1.807, 2.05) is 13.8 Å². The Hall–Kier alpha value is -3.73. The lowest BCUT2D eigenvalue weighted by molar-refractivity contribution is -0.384. The molecule has 0 radical (unpaired) electrons. The third-order valence-corrected chi connectivity index (χ3v) is 5.83. The molecule has 10 nitrogen and oxygen atoms in total. The molecule has 0 spiro atoms.